The lowest BCUT2D eigenvalue weighted by Crippen LogP contribution is -2.22. The molecule has 1 heterocycles. The van der Waals surface area contributed by atoms with Crippen LogP contribution in [0, 0.1) is 6.92 Å². The topological polar surface area (TPSA) is 58.2 Å². The molecule has 0 saturated heterocycles. The van der Waals surface area contributed by atoms with Gasteiger partial charge >= 0.3 is 0 Å². The molecule has 16 heavy (non-hydrogen) atoms. The van der Waals surface area contributed by atoms with Crippen molar-refractivity contribution >= 4 is 23.2 Å². The largest absolute Gasteiger partial charge is 0.325 e. The Morgan fingerprint density at radius 1 is 1.38 bits per heavy atom. The smallest absolute Gasteiger partial charge is 0.224 e. The highest BCUT2D eigenvalue weighted by molar-refractivity contribution is 6.01. The third-order valence-electron chi connectivity index (χ3n) is 2.72. The molecule has 4 nitrogen and oxygen atoms in total. The van der Waals surface area contributed by atoms with E-state index in [9.17, 15) is 9.59 Å². The van der Waals surface area contributed by atoms with Crippen LogP contribution < -0.4 is 10.6 Å². The second kappa shape index (κ2) is 3.96. The Kier molecular flexibility index (Phi) is 2.64. The summed E-state index contributed by atoms with van der Waals surface area (Å²) in [6, 6.07) is 3.78. The Bertz CT molecular complexity index is 466. The van der Waals surface area contributed by atoms with E-state index in [1.165, 1.54) is 6.92 Å². The molecule has 0 aromatic heterocycles. The molecule has 1 aliphatic rings. The van der Waals surface area contributed by atoms with E-state index < -0.39 is 0 Å². The van der Waals surface area contributed by atoms with Crippen molar-refractivity contribution < 1.29 is 9.59 Å². The van der Waals surface area contributed by atoms with Crippen molar-refractivity contribution in [3.8, 4) is 0 Å². The molecular formula is C12H14N2O2. The number of carbonyl (C=O) groups excluding carboxylic acids is 2. The highest BCUT2D eigenvalue weighted by atomic mass is 16.2. The first-order chi connectivity index (χ1) is 7.58. The number of rotatable bonds is 1. The zero-order valence-corrected chi connectivity index (χ0v) is 9.39. The lowest BCUT2D eigenvalue weighted by atomic mass is 9.97. The SMILES string of the molecule is CC(=O)Nc1ccc(C)c2c1NC(=O)CC2. The van der Waals surface area contributed by atoms with Gasteiger partial charge in [0.2, 0.25) is 11.8 Å². The lowest BCUT2D eigenvalue weighted by molar-refractivity contribution is -0.116. The number of hydrogen-bond acceptors (Lipinski definition) is 2. The molecule has 0 spiro atoms. The van der Waals surface area contributed by atoms with E-state index in [1.807, 2.05) is 19.1 Å². The van der Waals surface area contributed by atoms with E-state index in [2.05, 4.69) is 10.6 Å². The van der Waals surface area contributed by atoms with E-state index in [0.29, 0.717) is 12.1 Å². The summed E-state index contributed by atoms with van der Waals surface area (Å²) in [5.74, 6) is -0.129. The molecule has 2 amide bonds. The Morgan fingerprint density at radius 3 is 2.81 bits per heavy atom. The first kappa shape index (κ1) is 10.7. The second-order valence-corrected chi connectivity index (χ2v) is 4.01. The zero-order chi connectivity index (χ0) is 11.7. The highest BCUT2D eigenvalue weighted by Gasteiger charge is 2.19. The summed E-state index contributed by atoms with van der Waals surface area (Å²) in [6.45, 7) is 3.46. The van der Waals surface area contributed by atoms with E-state index in [1.54, 1.807) is 0 Å². The maximum atomic E-state index is 11.4. The van der Waals surface area contributed by atoms with Gasteiger partial charge in [-0.15, -0.1) is 0 Å². The van der Waals surface area contributed by atoms with Gasteiger partial charge in [-0.3, -0.25) is 9.59 Å². The minimum atomic E-state index is -0.133. The number of anilines is 2. The standard InChI is InChI=1S/C12H14N2O2/c1-7-3-5-10(13-8(2)15)12-9(7)4-6-11(16)14-12/h3,5H,4,6H2,1-2H3,(H,13,15)(H,14,16). The molecule has 0 radical (unpaired) electrons. The van der Waals surface area contributed by atoms with Crippen LogP contribution in [0.5, 0.6) is 0 Å². The molecule has 0 bridgehead atoms. The summed E-state index contributed by atoms with van der Waals surface area (Å²) in [5, 5.41) is 5.55. The first-order valence-corrected chi connectivity index (χ1v) is 5.28. The summed E-state index contributed by atoms with van der Waals surface area (Å²) in [4.78, 5) is 22.4. The van der Waals surface area contributed by atoms with Crippen molar-refractivity contribution in [2.45, 2.75) is 26.7 Å². The van der Waals surface area contributed by atoms with Crippen molar-refractivity contribution in [3.63, 3.8) is 0 Å². The normalized spacial score (nSPS) is 14.0. The van der Waals surface area contributed by atoms with Crippen LogP contribution in [0.2, 0.25) is 0 Å². The van der Waals surface area contributed by atoms with Crippen molar-refractivity contribution in [1.29, 1.82) is 0 Å². The lowest BCUT2D eigenvalue weighted by Gasteiger charge is -2.22. The molecule has 1 aliphatic heterocycles. The maximum Gasteiger partial charge on any atom is 0.224 e. The quantitative estimate of drug-likeness (QED) is 0.755. The van der Waals surface area contributed by atoms with Gasteiger partial charge in [0.15, 0.2) is 0 Å². The van der Waals surface area contributed by atoms with Gasteiger partial charge in [0.1, 0.15) is 0 Å². The summed E-state index contributed by atoms with van der Waals surface area (Å²) < 4.78 is 0. The molecule has 2 N–H and O–H groups in total. The number of aryl methyl sites for hydroxylation is 1. The molecule has 0 unspecified atom stereocenters. The third kappa shape index (κ3) is 1.91. The molecule has 2 rings (SSSR count). The first-order valence-electron chi connectivity index (χ1n) is 5.28. The predicted molar refractivity (Wildman–Crippen MR) is 62.4 cm³/mol. The van der Waals surface area contributed by atoms with Gasteiger partial charge < -0.3 is 10.6 Å². The monoisotopic (exact) mass is 218 g/mol. The van der Waals surface area contributed by atoms with E-state index in [-0.39, 0.29) is 11.8 Å². The van der Waals surface area contributed by atoms with Gasteiger partial charge in [-0.2, -0.15) is 0 Å². The molecule has 4 heteroatoms. The summed E-state index contributed by atoms with van der Waals surface area (Å²) in [7, 11) is 0. The average Bonchev–Trinajstić information content (AvgIpc) is 2.22. The maximum absolute atomic E-state index is 11.4. The van der Waals surface area contributed by atoms with Crippen molar-refractivity contribution in [1.82, 2.24) is 0 Å². The molecule has 1 aromatic rings. The molecule has 0 saturated carbocycles. The zero-order valence-electron chi connectivity index (χ0n) is 9.39. The molecule has 0 atom stereocenters. The fraction of sp³-hybridized carbons (Fsp3) is 0.333. The predicted octanol–water partition coefficient (Wildman–Crippen LogP) is 1.84. The second-order valence-electron chi connectivity index (χ2n) is 4.01. The van der Waals surface area contributed by atoms with Crippen LogP contribution >= 0.6 is 0 Å². The van der Waals surface area contributed by atoms with Gasteiger partial charge in [-0.05, 0) is 30.5 Å². The molecule has 84 valence electrons. The van der Waals surface area contributed by atoms with Crippen molar-refractivity contribution in [3.05, 3.63) is 23.3 Å². The van der Waals surface area contributed by atoms with E-state index >= 15 is 0 Å². The van der Waals surface area contributed by atoms with Gasteiger partial charge in [0, 0.05) is 13.3 Å². The van der Waals surface area contributed by atoms with Crippen LogP contribution in [-0.4, -0.2) is 11.8 Å². The van der Waals surface area contributed by atoms with Crippen LogP contribution in [0.1, 0.15) is 24.5 Å². The van der Waals surface area contributed by atoms with Gasteiger partial charge in [-0.1, -0.05) is 6.07 Å². The van der Waals surface area contributed by atoms with Crippen molar-refractivity contribution in [2.75, 3.05) is 10.6 Å². The Morgan fingerprint density at radius 2 is 2.12 bits per heavy atom. The van der Waals surface area contributed by atoms with E-state index in [4.69, 9.17) is 0 Å². The molecule has 0 aliphatic carbocycles. The molecular weight excluding hydrogens is 204 g/mol. The average molecular weight is 218 g/mol. The van der Waals surface area contributed by atoms with Crippen LogP contribution in [0.3, 0.4) is 0 Å². The summed E-state index contributed by atoms with van der Waals surface area (Å²) in [6.07, 6.45) is 1.25. The summed E-state index contributed by atoms with van der Waals surface area (Å²) in [5.41, 5.74) is 3.70. The van der Waals surface area contributed by atoms with Crippen LogP contribution in [0.25, 0.3) is 0 Å². The Labute approximate surface area is 94.0 Å². The summed E-state index contributed by atoms with van der Waals surface area (Å²) >= 11 is 0. The number of benzene rings is 1. The fourth-order valence-corrected chi connectivity index (χ4v) is 1.95. The Balaban J connectivity index is 2.47. The van der Waals surface area contributed by atoms with E-state index in [0.717, 1.165) is 23.2 Å². The minimum absolute atomic E-state index is 0.00435. The third-order valence-corrected chi connectivity index (χ3v) is 2.72. The minimum Gasteiger partial charge on any atom is -0.325 e. The van der Waals surface area contributed by atoms with Crippen LogP contribution in [0.4, 0.5) is 11.4 Å². The highest BCUT2D eigenvalue weighted by Crippen LogP contribution is 2.32. The van der Waals surface area contributed by atoms with Gasteiger partial charge in [0.25, 0.3) is 0 Å². The molecule has 1 aromatic carbocycles. The van der Waals surface area contributed by atoms with Crippen LogP contribution in [0.15, 0.2) is 12.1 Å². The number of nitrogens with one attached hydrogen (secondary N) is 2. The number of carbonyl (C=O) groups is 2. The Hall–Kier alpha value is -1.84. The number of fused-ring (bicyclic) bond motifs is 1. The number of hydrogen-bond donors (Lipinski definition) is 2. The van der Waals surface area contributed by atoms with Crippen LogP contribution in [-0.2, 0) is 16.0 Å². The van der Waals surface area contributed by atoms with Gasteiger partial charge in [-0.25, -0.2) is 0 Å². The molecule has 0 fully saturated rings. The number of amides is 2. The fourth-order valence-electron chi connectivity index (χ4n) is 1.95. The van der Waals surface area contributed by atoms with Crippen molar-refractivity contribution in [2.24, 2.45) is 0 Å². The van der Waals surface area contributed by atoms with Gasteiger partial charge in [0.05, 0.1) is 11.4 Å².